The molecule has 1 fully saturated rings. The van der Waals surface area contributed by atoms with E-state index in [2.05, 4.69) is 20.4 Å². The summed E-state index contributed by atoms with van der Waals surface area (Å²) in [6.07, 6.45) is 5.73. The number of cyclic esters (lactones) is 1. The van der Waals surface area contributed by atoms with Crippen molar-refractivity contribution in [2.24, 2.45) is 0 Å². The van der Waals surface area contributed by atoms with Crippen LogP contribution in [0.4, 0.5) is 15.0 Å². The van der Waals surface area contributed by atoms with Crippen molar-refractivity contribution in [2.75, 3.05) is 18.1 Å². The number of amides is 2. The number of nitrogens with one attached hydrogen (secondary N) is 1. The highest BCUT2D eigenvalue weighted by molar-refractivity contribution is 6.00. The Bertz CT molecular complexity index is 1130. The first kappa shape index (κ1) is 17.5. The van der Waals surface area contributed by atoms with Crippen LogP contribution < -0.4 is 10.2 Å². The Labute approximate surface area is 164 Å². The summed E-state index contributed by atoms with van der Waals surface area (Å²) in [5.41, 5.74) is 1.95. The van der Waals surface area contributed by atoms with E-state index in [0.29, 0.717) is 41.3 Å². The van der Waals surface area contributed by atoms with E-state index < -0.39 is 18.0 Å². The number of rotatable bonds is 0. The number of halogens is 1. The van der Waals surface area contributed by atoms with Gasteiger partial charge in [-0.2, -0.15) is 5.10 Å². The topological polar surface area (TPSA) is 102 Å². The molecule has 10 heteroatoms. The van der Waals surface area contributed by atoms with Crippen molar-refractivity contribution in [3.63, 3.8) is 0 Å². The van der Waals surface area contributed by atoms with Crippen molar-refractivity contribution in [1.82, 2.24) is 24.9 Å². The van der Waals surface area contributed by atoms with E-state index in [-0.39, 0.29) is 12.5 Å². The average Bonchev–Trinajstić information content (AvgIpc) is 3.31. The molecule has 0 aliphatic carbocycles. The number of anilines is 1. The zero-order valence-corrected chi connectivity index (χ0v) is 15.3. The predicted molar refractivity (Wildman–Crippen MR) is 99.0 cm³/mol. The van der Waals surface area contributed by atoms with Crippen LogP contribution in [-0.2, 0) is 11.2 Å². The van der Waals surface area contributed by atoms with Gasteiger partial charge in [0.2, 0.25) is 0 Å². The van der Waals surface area contributed by atoms with Gasteiger partial charge in [-0.1, -0.05) is 0 Å². The van der Waals surface area contributed by atoms with Gasteiger partial charge in [0.1, 0.15) is 29.8 Å². The molecule has 1 atom stereocenters. The second kappa shape index (κ2) is 6.80. The van der Waals surface area contributed by atoms with Crippen molar-refractivity contribution in [3.8, 4) is 0 Å². The number of nitrogens with zero attached hydrogens (tertiary/aromatic N) is 5. The minimum absolute atomic E-state index is 0.0659. The van der Waals surface area contributed by atoms with Crippen LogP contribution in [-0.4, -0.2) is 44.7 Å². The Morgan fingerprint density at radius 1 is 1.24 bits per heavy atom. The Morgan fingerprint density at radius 3 is 3.03 bits per heavy atom. The Balaban J connectivity index is 1.69. The monoisotopic (exact) mass is 396 g/mol. The van der Waals surface area contributed by atoms with E-state index in [9.17, 15) is 14.0 Å². The lowest BCUT2D eigenvalue weighted by molar-refractivity contribution is 0.0954. The molecule has 1 N–H and O–H groups in total. The molecular formula is C19H17FN6O3. The van der Waals surface area contributed by atoms with Gasteiger partial charge in [0.15, 0.2) is 5.65 Å². The van der Waals surface area contributed by atoms with Gasteiger partial charge in [-0.25, -0.2) is 18.7 Å². The quantitative estimate of drug-likeness (QED) is 0.624. The lowest BCUT2D eigenvalue weighted by Gasteiger charge is -2.23. The van der Waals surface area contributed by atoms with Crippen LogP contribution in [0, 0.1) is 5.82 Å². The van der Waals surface area contributed by atoms with Gasteiger partial charge in [0.05, 0.1) is 12.4 Å². The summed E-state index contributed by atoms with van der Waals surface area (Å²) < 4.78 is 20.7. The summed E-state index contributed by atoms with van der Waals surface area (Å²) >= 11 is 0. The molecule has 2 amide bonds. The van der Waals surface area contributed by atoms with Gasteiger partial charge in [0.25, 0.3) is 5.91 Å². The summed E-state index contributed by atoms with van der Waals surface area (Å²) in [4.78, 5) is 35.2. The second-order valence-electron chi connectivity index (χ2n) is 6.98. The lowest BCUT2D eigenvalue weighted by Crippen LogP contribution is -2.30. The molecule has 0 aromatic carbocycles. The molecule has 0 saturated carbocycles. The number of fused-ring (bicyclic) bond motifs is 5. The number of carbonyl (C=O) groups is 2. The highest BCUT2D eigenvalue weighted by Crippen LogP contribution is 2.34. The Hall–Kier alpha value is -3.56. The minimum atomic E-state index is -0.584. The molecule has 148 valence electrons. The van der Waals surface area contributed by atoms with Crippen LogP contribution >= 0.6 is 0 Å². The molecule has 3 aromatic rings. The van der Waals surface area contributed by atoms with Crippen molar-refractivity contribution < 1.29 is 18.7 Å². The van der Waals surface area contributed by atoms with E-state index in [1.807, 2.05) is 0 Å². The number of carbonyl (C=O) groups excluding carboxylic acids is 2. The fourth-order valence-corrected chi connectivity index (χ4v) is 3.75. The number of aryl methyl sites for hydroxylation is 1. The van der Waals surface area contributed by atoms with Crippen molar-refractivity contribution in [1.29, 1.82) is 0 Å². The smallest absolute Gasteiger partial charge is 0.416 e. The van der Waals surface area contributed by atoms with E-state index in [1.165, 1.54) is 27.9 Å². The molecule has 0 spiro atoms. The summed E-state index contributed by atoms with van der Waals surface area (Å²) in [5, 5.41) is 7.01. The fourth-order valence-electron chi connectivity index (χ4n) is 3.75. The molecule has 29 heavy (non-hydrogen) atoms. The maximum atomic E-state index is 14.0. The summed E-state index contributed by atoms with van der Waals surface area (Å²) in [5.74, 6) is -0.451. The number of ether oxygens (including phenoxy) is 1. The molecule has 2 bridgehead atoms. The number of hydrogen-bond donors (Lipinski definition) is 1. The van der Waals surface area contributed by atoms with Gasteiger partial charge >= 0.3 is 6.09 Å². The normalized spacial score (nSPS) is 19.5. The first-order valence-electron chi connectivity index (χ1n) is 9.35. The predicted octanol–water partition coefficient (Wildman–Crippen LogP) is 2.03. The van der Waals surface area contributed by atoms with Crippen LogP contribution in [0.5, 0.6) is 0 Å². The minimum Gasteiger partial charge on any atom is -0.447 e. The van der Waals surface area contributed by atoms with Crippen LogP contribution in [0.25, 0.3) is 5.65 Å². The van der Waals surface area contributed by atoms with Crippen LogP contribution in [0.2, 0.25) is 0 Å². The largest absolute Gasteiger partial charge is 0.447 e. The average molecular weight is 396 g/mol. The second-order valence-corrected chi connectivity index (χ2v) is 6.98. The van der Waals surface area contributed by atoms with E-state index >= 15 is 0 Å². The van der Waals surface area contributed by atoms with Gasteiger partial charge in [-0.3, -0.25) is 14.7 Å². The summed E-state index contributed by atoms with van der Waals surface area (Å²) in [6, 6.07) is 2.46. The molecule has 2 aliphatic heterocycles. The third-order valence-corrected chi connectivity index (χ3v) is 5.17. The molecular weight excluding hydrogens is 379 g/mol. The van der Waals surface area contributed by atoms with E-state index in [0.717, 1.165) is 12.8 Å². The number of aromatic nitrogens is 4. The van der Waals surface area contributed by atoms with Crippen LogP contribution in [0.15, 0.2) is 30.7 Å². The molecule has 1 saturated heterocycles. The van der Waals surface area contributed by atoms with E-state index in [4.69, 9.17) is 4.74 Å². The maximum absolute atomic E-state index is 14.0. The highest BCUT2D eigenvalue weighted by atomic mass is 19.1. The zero-order valence-electron chi connectivity index (χ0n) is 15.3. The fraction of sp³-hybridized carbons (Fsp3) is 0.316. The third-order valence-electron chi connectivity index (χ3n) is 5.17. The lowest BCUT2D eigenvalue weighted by atomic mass is 10.0. The molecule has 5 heterocycles. The molecule has 3 aromatic heterocycles. The van der Waals surface area contributed by atoms with Gasteiger partial charge < -0.3 is 10.1 Å². The van der Waals surface area contributed by atoms with Gasteiger partial charge in [0, 0.05) is 24.0 Å². The first-order valence-corrected chi connectivity index (χ1v) is 9.35. The Morgan fingerprint density at radius 2 is 2.14 bits per heavy atom. The SMILES string of the molecule is O=C1NCCCCc2ncc(F)cc2C2COC(=O)N2c2ccn3ncc1c3n2. The van der Waals surface area contributed by atoms with Crippen molar-refractivity contribution in [2.45, 2.75) is 25.3 Å². The van der Waals surface area contributed by atoms with Crippen LogP contribution in [0.3, 0.4) is 0 Å². The Kier molecular flexibility index (Phi) is 4.11. The van der Waals surface area contributed by atoms with Crippen LogP contribution in [0.1, 0.15) is 40.5 Å². The van der Waals surface area contributed by atoms with Crippen molar-refractivity contribution >= 4 is 23.5 Å². The molecule has 0 radical (unpaired) electrons. The molecule has 1 unspecified atom stereocenters. The van der Waals surface area contributed by atoms with E-state index in [1.54, 1.807) is 12.3 Å². The summed E-state index contributed by atoms with van der Waals surface area (Å²) in [7, 11) is 0. The number of hydrogen-bond acceptors (Lipinski definition) is 6. The van der Waals surface area contributed by atoms with Gasteiger partial charge in [-0.05, 0) is 31.4 Å². The first-order chi connectivity index (χ1) is 14.1. The van der Waals surface area contributed by atoms with Gasteiger partial charge in [-0.15, -0.1) is 0 Å². The zero-order chi connectivity index (χ0) is 20.0. The number of pyridine rings is 1. The molecule has 2 aliphatic rings. The third kappa shape index (κ3) is 2.96. The highest BCUT2D eigenvalue weighted by Gasteiger charge is 2.38. The molecule has 5 rings (SSSR count). The standard InChI is InChI=1S/C19H17FN6O3/c20-11-7-12-14(22-8-11)3-1-2-5-21-18(27)13-9-23-25-6-4-16(24-17(13)25)26-15(12)10-29-19(26)28/h4,6-9,15H,1-3,5,10H2,(H,21,27). The molecule has 9 nitrogen and oxygen atoms in total. The maximum Gasteiger partial charge on any atom is 0.416 e. The van der Waals surface area contributed by atoms with Crippen molar-refractivity contribution in [3.05, 3.63) is 53.4 Å². The summed E-state index contributed by atoms with van der Waals surface area (Å²) in [6.45, 7) is 0.556.